The summed E-state index contributed by atoms with van der Waals surface area (Å²) < 4.78 is 19.4. The van der Waals surface area contributed by atoms with Gasteiger partial charge < -0.3 is 4.74 Å². The summed E-state index contributed by atoms with van der Waals surface area (Å²) in [6, 6.07) is 11.2. The van der Waals surface area contributed by atoms with E-state index in [1.165, 1.54) is 31.2 Å². The maximum atomic E-state index is 13.9. The van der Waals surface area contributed by atoms with E-state index in [0.717, 1.165) is 0 Å². The highest BCUT2D eigenvalue weighted by atomic mass is 19.1. The van der Waals surface area contributed by atoms with Crippen LogP contribution in [0.15, 0.2) is 36.4 Å². The Morgan fingerprint density at radius 3 is 2.65 bits per heavy atom. The summed E-state index contributed by atoms with van der Waals surface area (Å²) >= 11 is 0. The van der Waals surface area contributed by atoms with E-state index in [1.54, 1.807) is 19.1 Å². The number of carbonyl (C=O) groups is 1. The molecule has 0 spiro atoms. The Labute approximate surface area is 116 Å². The van der Waals surface area contributed by atoms with E-state index in [1.807, 2.05) is 6.07 Å². The molecular weight excluding hydrogens is 257 g/mol. The molecule has 100 valence electrons. The van der Waals surface area contributed by atoms with Crippen LogP contribution < -0.4 is 4.74 Å². The molecule has 0 saturated heterocycles. The summed E-state index contributed by atoms with van der Waals surface area (Å²) in [6.45, 7) is 3.01. The molecule has 0 radical (unpaired) electrons. The zero-order valence-corrected chi connectivity index (χ0v) is 11.1. The molecule has 2 aromatic rings. The van der Waals surface area contributed by atoms with Gasteiger partial charge in [0.2, 0.25) is 0 Å². The van der Waals surface area contributed by atoms with Crippen LogP contribution in [-0.4, -0.2) is 5.78 Å². The Morgan fingerprint density at radius 1 is 1.25 bits per heavy atom. The van der Waals surface area contributed by atoms with Crippen LogP contribution in [0.25, 0.3) is 0 Å². The van der Waals surface area contributed by atoms with Crippen molar-refractivity contribution in [2.45, 2.75) is 13.8 Å². The lowest BCUT2D eigenvalue weighted by atomic mass is 10.1. The molecule has 0 aliphatic rings. The minimum Gasteiger partial charge on any atom is -0.453 e. The Balaban J connectivity index is 2.49. The minimum atomic E-state index is -0.482. The van der Waals surface area contributed by atoms with Gasteiger partial charge in [-0.1, -0.05) is 12.1 Å². The molecule has 0 unspecified atom stereocenters. The summed E-state index contributed by atoms with van der Waals surface area (Å²) in [5.41, 5.74) is 1.10. The molecule has 0 atom stereocenters. The molecule has 0 aromatic heterocycles. The van der Waals surface area contributed by atoms with Crippen LogP contribution in [-0.2, 0) is 0 Å². The highest BCUT2D eigenvalue weighted by Crippen LogP contribution is 2.29. The zero-order valence-electron chi connectivity index (χ0n) is 11.1. The van der Waals surface area contributed by atoms with Crippen LogP contribution in [0.2, 0.25) is 0 Å². The van der Waals surface area contributed by atoms with Gasteiger partial charge in [0.15, 0.2) is 17.3 Å². The Bertz CT molecular complexity index is 717. The van der Waals surface area contributed by atoms with Crippen LogP contribution in [0.3, 0.4) is 0 Å². The number of carbonyl (C=O) groups excluding carboxylic acids is 1. The summed E-state index contributed by atoms with van der Waals surface area (Å²) in [5.74, 6) is -0.481. The average molecular weight is 269 g/mol. The first-order valence-corrected chi connectivity index (χ1v) is 6.01. The third kappa shape index (κ3) is 2.67. The second-order valence-corrected chi connectivity index (χ2v) is 4.37. The lowest BCUT2D eigenvalue weighted by Gasteiger charge is -2.11. The molecule has 3 nitrogen and oxygen atoms in total. The normalized spacial score (nSPS) is 9.90. The average Bonchev–Trinajstić information content (AvgIpc) is 2.43. The van der Waals surface area contributed by atoms with E-state index in [0.29, 0.717) is 16.7 Å². The fourth-order valence-corrected chi connectivity index (χ4v) is 1.78. The van der Waals surface area contributed by atoms with Crippen molar-refractivity contribution < 1.29 is 13.9 Å². The van der Waals surface area contributed by atoms with Gasteiger partial charge in [-0.2, -0.15) is 5.26 Å². The summed E-state index contributed by atoms with van der Waals surface area (Å²) in [7, 11) is 0. The molecule has 0 fully saturated rings. The monoisotopic (exact) mass is 269 g/mol. The second kappa shape index (κ2) is 5.54. The van der Waals surface area contributed by atoms with Crippen LogP contribution in [0.4, 0.5) is 4.39 Å². The number of hydrogen-bond donors (Lipinski definition) is 0. The second-order valence-electron chi connectivity index (χ2n) is 4.37. The molecule has 0 N–H and O–H groups in total. The molecular formula is C16H12FNO2. The highest BCUT2D eigenvalue weighted by Gasteiger charge is 2.13. The number of ketones is 1. The molecule has 0 aliphatic heterocycles. The Kier molecular flexibility index (Phi) is 3.81. The highest BCUT2D eigenvalue weighted by molar-refractivity contribution is 5.97. The molecule has 0 amide bonds. The number of benzene rings is 2. The predicted molar refractivity (Wildman–Crippen MR) is 72.4 cm³/mol. The SMILES string of the molecule is CC(=O)c1ccc(C#N)cc1Oc1cccc(C)c1F. The van der Waals surface area contributed by atoms with Crippen molar-refractivity contribution in [1.82, 2.24) is 0 Å². The van der Waals surface area contributed by atoms with Crippen molar-refractivity contribution in [3.8, 4) is 17.6 Å². The van der Waals surface area contributed by atoms with Crippen molar-refractivity contribution in [2.24, 2.45) is 0 Å². The summed E-state index contributed by atoms with van der Waals surface area (Å²) in [6.07, 6.45) is 0. The number of nitriles is 1. The quantitative estimate of drug-likeness (QED) is 0.791. The van der Waals surface area contributed by atoms with E-state index in [2.05, 4.69) is 0 Å². The fraction of sp³-hybridized carbons (Fsp3) is 0.125. The van der Waals surface area contributed by atoms with Gasteiger partial charge in [0.1, 0.15) is 5.75 Å². The fourth-order valence-electron chi connectivity index (χ4n) is 1.78. The minimum absolute atomic E-state index is 0.0302. The van der Waals surface area contributed by atoms with E-state index in [4.69, 9.17) is 10.00 Å². The molecule has 0 saturated carbocycles. The molecule has 0 bridgehead atoms. The summed E-state index contributed by atoms with van der Waals surface area (Å²) in [5, 5.41) is 8.89. The topological polar surface area (TPSA) is 50.1 Å². The Morgan fingerprint density at radius 2 is 2.00 bits per heavy atom. The Hall–Kier alpha value is -2.67. The number of halogens is 1. The number of nitrogens with zero attached hydrogens (tertiary/aromatic N) is 1. The predicted octanol–water partition coefficient (Wildman–Crippen LogP) is 4.00. The van der Waals surface area contributed by atoms with E-state index < -0.39 is 5.82 Å². The van der Waals surface area contributed by atoms with Gasteiger partial charge >= 0.3 is 0 Å². The van der Waals surface area contributed by atoms with Crippen LogP contribution in [0.1, 0.15) is 28.4 Å². The molecule has 0 heterocycles. The number of hydrogen-bond acceptors (Lipinski definition) is 3. The standard InChI is InChI=1S/C16H12FNO2/c1-10-4-3-5-14(16(10)17)20-15-8-12(9-18)6-7-13(15)11(2)19/h3-8H,1-2H3. The first-order valence-electron chi connectivity index (χ1n) is 6.01. The molecule has 2 rings (SSSR count). The van der Waals surface area contributed by atoms with E-state index >= 15 is 0 Å². The maximum Gasteiger partial charge on any atom is 0.168 e. The van der Waals surface area contributed by atoms with Gasteiger partial charge in [0.05, 0.1) is 17.2 Å². The third-order valence-electron chi connectivity index (χ3n) is 2.87. The number of Topliss-reactive ketones (excluding diaryl/α,β-unsaturated/α-hetero) is 1. The molecule has 20 heavy (non-hydrogen) atoms. The molecule has 2 aromatic carbocycles. The number of rotatable bonds is 3. The van der Waals surface area contributed by atoms with Crippen molar-refractivity contribution in [3.63, 3.8) is 0 Å². The van der Waals surface area contributed by atoms with Gasteiger partial charge in [-0.15, -0.1) is 0 Å². The summed E-state index contributed by atoms with van der Waals surface area (Å²) in [4.78, 5) is 11.6. The lowest BCUT2D eigenvalue weighted by molar-refractivity contribution is 0.101. The van der Waals surface area contributed by atoms with Gasteiger partial charge in [0, 0.05) is 0 Å². The first-order chi connectivity index (χ1) is 9.52. The van der Waals surface area contributed by atoms with Crippen LogP contribution in [0, 0.1) is 24.1 Å². The zero-order chi connectivity index (χ0) is 14.7. The van der Waals surface area contributed by atoms with Crippen molar-refractivity contribution in [3.05, 3.63) is 58.9 Å². The first kappa shape index (κ1) is 13.8. The van der Waals surface area contributed by atoms with E-state index in [-0.39, 0.29) is 17.3 Å². The molecule has 0 aliphatic carbocycles. The van der Waals surface area contributed by atoms with Crippen molar-refractivity contribution in [2.75, 3.05) is 0 Å². The number of aryl methyl sites for hydroxylation is 1. The van der Waals surface area contributed by atoms with E-state index in [9.17, 15) is 9.18 Å². The molecule has 4 heteroatoms. The smallest absolute Gasteiger partial charge is 0.168 e. The van der Waals surface area contributed by atoms with Crippen LogP contribution >= 0.6 is 0 Å². The largest absolute Gasteiger partial charge is 0.453 e. The van der Waals surface area contributed by atoms with Crippen molar-refractivity contribution in [1.29, 1.82) is 5.26 Å². The van der Waals surface area contributed by atoms with Crippen molar-refractivity contribution >= 4 is 5.78 Å². The third-order valence-corrected chi connectivity index (χ3v) is 2.87. The van der Waals surface area contributed by atoms with Gasteiger partial charge in [-0.05, 0) is 43.7 Å². The lowest BCUT2D eigenvalue weighted by Crippen LogP contribution is -1.99. The van der Waals surface area contributed by atoms with Gasteiger partial charge in [0.25, 0.3) is 0 Å². The van der Waals surface area contributed by atoms with Gasteiger partial charge in [-0.3, -0.25) is 4.79 Å². The number of ether oxygens (including phenoxy) is 1. The maximum absolute atomic E-state index is 13.9. The van der Waals surface area contributed by atoms with Crippen LogP contribution in [0.5, 0.6) is 11.5 Å². The van der Waals surface area contributed by atoms with Gasteiger partial charge in [-0.25, -0.2) is 4.39 Å².